The summed E-state index contributed by atoms with van der Waals surface area (Å²) in [7, 11) is 0. The second kappa shape index (κ2) is 11.4. The molecule has 9 rings (SSSR count). The highest BCUT2D eigenvalue weighted by molar-refractivity contribution is 6.15. The van der Waals surface area contributed by atoms with E-state index in [9.17, 15) is 0 Å². The summed E-state index contributed by atoms with van der Waals surface area (Å²) >= 11 is 0. The predicted molar refractivity (Wildman–Crippen MR) is 193 cm³/mol. The molecule has 2 atom stereocenters. The number of anilines is 1. The molecule has 0 spiro atoms. The van der Waals surface area contributed by atoms with Crippen LogP contribution in [0.4, 0.5) is 5.69 Å². The highest BCUT2D eigenvalue weighted by Crippen LogP contribution is 2.44. The highest BCUT2D eigenvalue weighted by Gasteiger charge is 2.30. The second-order valence-corrected chi connectivity index (χ2v) is 12.2. The van der Waals surface area contributed by atoms with E-state index in [2.05, 4.69) is 127 Å². The van der Waals surface area contributed by atoms with Crippen LogP contribution >= 0.6 is 0 Å². The SMILES string of the molecule is C1=CCC(C2Nc3c(ccc4ccc5cc(-c6ccc(-c7nc(-c8ccccc8)cc(-c8ccccc8)n7)cc6)ccc5c34)O2)C=C1. The van der Waals surface area contributed by atoms with Gasteiger partial charge >= 0.3 is 0 Å². The first-order chi connectivity index (χ1) is 23.3. The fourth-order valence-electron chi connectivity index (χ4n) is 6.79. The van der Waals surface area contributed by atoms with E-state index in [1.807, 2.05) is 36.4 Å². The zero-order valence-electron chi connectivity index (χ0n) is 25.7. The van der Waals surface area contributed by atoms with E-state index >= 15 is 0 Å². The third-order valence-electron chi connectivity index (χ3n) is 9.25. The van der Waals surface area contributed by atoms with Gasteiger partial charge in [0.1, 0.15) is 5.75 Å². The van der Waals surface area contributed by atoms with Gasteiger partial charge in [-0.3, -0.25) is 0 Å². The summed E-state index contributed by atoms with van der Waals surface area (Å²) in [5, 5.41) is 8.55. The van der Waals surface area contributed by atoms with Gasteiger partial charge in [-0.25, -0.2) is 9.97 Å². The van der Waals surface area contributed by atoms with Crippen LogP contribution in [0.2, 0.25) is 0 Å². The van der Waals surface area contributed by atoms with E-state index in [4.69, 9.17) is 14.7 Å². The maximum Gasteiger partial charge on any atom is 0.176 e. The molecule has 0 saturated carbocycles. The Morgan fingerprint density at radius 2 is 1.23 bits per heavy atom. The van der Waals surface area contributed by atoms with Gasteiger partial charge in [0, 0.05) is 28.0 Å². The molecule has 1 aliphatic carbocycles. The van der Waals surface area contributed by atoms with Crippen molar-refractivity contribution in [3.05, 3.63) is 158 Å². The molecule has 47 heavy (non-hydrogen) atoms. The van der Waals surface area contributed by atoms with Crippen LogP contribution in [0, 0.1) is 5.92 Å². The van der Waals surface area contributed by atoms with Crippen molar-refractivity contribution in [3.8, 4) is 50.8 Å². The number of hydrogen-bond acceptors (Lipinski definition) is 4. The summed E-state index contributed by atoms with van der Waals surface area (Å²) in [6.45, 7) is 0. The van der Waals surface area contributed by atoms with E-state index in [0.29, 0.717) is 11.7 Å². The number of fused-ring (bicyclic) bond motifs is 5. The van der Waals surface area contributed by atoms with E-state index < -0.39 is 0 Å². The van der Waals surface area contributed by atoms with Crippen molar-refractivity contribution in [2.24, 2.45) is 5.92 Å². The maximum atomic E-state index is 6.40. The largest absolute Gasteiger partial charge is 0.468 e. The number of benzene rings is 6. The van der Waals surface area contributed by atoms with Gasteiger partial charge in [0.15, 0.2) is 12.1 Å². The van der Waals surface area contributed by atoms with Crippen LogP contribution in [0.1, 0.15) is 6.42 Å². The lowest BCUT2D eigenvalue weighted by Crippen LogP contribution is -2.29. The summed E-state index contributed by atoms with van der Waals surface area (Å²) < 4.78 is 6.40. The normalized spacial score (nSPS) is 16.6. The summed E-state index contributed by atoms with van der Waals surface area (Å²) in [5.41, 5.74) is 8.34. The summed E-state index contributed by atoms with van der Waals surface area (Å²) in [5.74, 6) is 1.94. The Kier molecular flexibility index (Phi) is 6.64. The standard InChI is InChI=1S/C43H31N3O/c1-4-10-29(11-5-1)37-27-38(30-12-6-2-7-13-30)45-42(44-37)32-19-16-28(17-20-32)34-22-24-36-35(26-34)21-18-31-23-25-39-41(40(31)36)46-43(47-39)33-14-8-3-9-15-33/h1-14,16-27,33,43,46H,15H2. The lowest BCUT2D eigenvalue weighted by atomic mass is 9.95. The van der Waals surface area contributed by atoms with Crippen LogP contribution in [0.5, 0.6) is 5.75 Å². The molecule has 4 nitrogen and oxygen atoms in total. The first kappa shape index (κ1) is 27.3. The van der Waals surface area contributed by atoms with Crippen molar-refractivity contribution in [3.63, 3.8) is 0 Å². The Morgan fingerprint density at radius 1 is 0.574 bits per heavy atom. The molecule has 0 fully saturated rings. The van der Waals surface area contributed by atoms with Gasteiger partial charge in [0.05, 0.1) is 17.1 Å². The van der Waals surface area contributed by atoms with Crippen molar-refractivity contribution >= 4 is 27.2 Å². The molecule has 0 saturated heterocycles. The van der Waals surface area contributed by atoms with E-state index in [0.717, 1.165) is 51.5 Å². The van der Waals surface area contributed by atoms with Crippen LogP contribution in [0.3, 0.4) is 0 Å². The number of aromatic nitrogens is 2. The topological polar surface area (TPSA) is 47.0 Å². The number of ether oxygens (including phenoxy) is 1. The van der Waals surface area contributed by atoms with Gasteiger partial charge in [-0.15, -0.1) is 0 Å². The minimum Gasteiger partial charge on any atom is -0.468 e. The molecule has 1 aromatic heterocycles. The van der Waals surface area contributed by atoms with Gasteiger partial charge < -0.3 is 10.1 Å². The zero-order valence-corrected chi connectivity index (χ0v) is 25.7. The van der Waals surface area contributed by atoms with Crippen molar-refractivity contribution in [2.75, 3.05) is 5.32 Å². The number of rotatable bonds is 5. The monoisotopic (exact) mass is 605 g/mol. The molecular formula is C43H31N3O. The number of allylic oxidation sites excluding steroid dienone is 3. The molecule has 0 bridgehead atoms. The van der Waals surface area contributed by atoms with Crippen molar-refractivity contribution in [2.45, 2.75) is 12.6 Å². The van der Waals surface area contributed by atoms with E-state index in [1.54, 1.807) is 0 Å². The second-order valence-electron chi connectivity index (χ2n) is 12.2. The first-order valence-corrected chi connectivity index (χ1v) is 16.1. The minimum absolute atomic E-state index is 0.0639. The number of hydrogen-bond donors (Lipinski definition) is 1. The summed E-state index contributed by atoms with van der Waals surface area (Å²) in [6.07, 6.45) is 9.56. The molecule has 1 aliphatic heterocycles. The molecule has 224 valence electrons. The number of nitrogens with one attached hydrogen (secondary N) is 1. The quantitative estimate of drug-likeness (QED) is 0.198. The average Bonchev–Trinajstić information content (AvgIpc) is 3.60. The highest BCUT2D eigenvalue weighted by atomic mass is 16.5. The molecule has 2 aliphatic rings. The molecule has 2 heterocycles. The Morgan fingerprint density at radius 3 is 1.94 bits per heavy atom. The van der Waals surface area contributed by atoms with Crippen LogP contribution < -0.4 is 10.1 Å². The van der Waals surface area contributed by atoms with Gasteiger partial charge in [0.2, 0.25) is 0 Å². The van der Waals surface area contributed by atoms with Crippen molar-refractivity contribution < 1.29 is 4.74 Å². The average molecular weight is 606 g/mol. The fourth-order valence-corrected chi connectivity index (χ4v) is 6.79. The Balaban J connectivity index is 1.06. The van der Waals surface area contributed by atoms with E-state index in [-0.39, 0.29) is 6.23 Å². The first-order valence-electron chi connectivity index (χ1n) is 16.1. The van der Waals surface area contributed by atoms with Crippen LogP contribution in [0.25, 0.3) is 66.6 Å². The lowest BCUT2D eigenvalue weighted by Gasteiger charge is -2.20. The summed E-state index contributed by atoms with van der Waals surface area (Å²) in [6, 6.07) is 46.7. The van der Waals surface area contributed by atoms with Gasteiger partial charge in [-0.2, -0.15) is 0 Å². The van der Waals surface area contributed by atoms with Crippen LogP contribution in [0.15, 0.2) is 158 Å². The summed E-state index contributed by atoms with van der Waals surface area (Å²) in [4.78, 5) is 10.0. The third-order valence-corrected chi connectivity index (χ3v) is 9.25. The maximum absolute atomic E-state index is 6.40. The Hall–Kier alpha value is -6.00. The molecule has 0 amide bonds. The molecule has 7 aromatic rings. The Labute approximate surface area is 273 Å². The van der Waals surface area contributed by atoms with Gasteiger partial charge in [-0.05, 0) is 51.9 Å². The van der Waals surface area contributed by atoms with Gasteiger partial charge in [0.25, 0.3) is 0 Å². The zero-order chi connectivity index (χ0) is 31.2. The Bertz CT molecular complexity index is 2270. The van der Waals surface area contributed by atoms with Gasteiger partial charge in [-0.1, -0.05) is 140 Å². The fraction of sp³-hybridized carbons (Fsp3) is 0.0698. The lowest BCUT2D eigenvalue weighted by molar-refractivity contribution is 0.204. The van der Waals surface area contributed by atoms with Crippen LogP contribution in [-0.4, -0.2) is 16.2 Å². The van der Waals surface area contributed by atoms with Crippen molar-refractivity contribution in [1.82, 2.24) is 9.97 Å². The molecule has 6 aromatic carbocycles. The number of nitrogens with zero attached hydrogens (tertiary/aromatic N) is 2. The molecule has 2 unspecified atom stereocenters. The molecular weight excluding hydrogens is 574 g/mol. The smallest absolute Gasteiger partial charge is 0.176 e. The predicted octanol–water partition coefficient (Wildman–Crippen LogP) is 10.7. The molecule has 0 radical (unpaired) electrons. The third kappa shape index (κ3) is 5.04. The molecule has 1 N–H and O–H groups in total. The molecule has 4 heteroatoms. The van der Waals surface area contributed by atoms with E-state index in [1.165, 1.54) is 27.1 Å². The minimum atomic E-state index is -0.0639. The van der Waals surface area contributed by atoms with Crippen LogP contribution in [-0.2, 0) is 0 Å². The van der Waals surface area contributed by atoms with Crippen molar-refractivity contribution in [1.29, 1.82) is 0 Å².